The Labute approximate surface area is 146 Å². The maximum absolute atomic E-state index is 12.9. The van der Waals surface area contributed by atoms with Gasteiger partial charge in [-0.05, 0) is 57.4 Å². The van der Waals surface area contributed by atoms with Gasteiger partial charge in [0.1, 0.15) is 22.6 Å². The molecule has 0 saturated carbocycles. The van der Waals surface area contributed by atoms with Gasteiger partial charge in [-0.15, -0.1) is 0 Å². The third-order valence-electron chi connectivity index (χ3n) is 3.48. The second kappa shape index (κ2) is 7.40. The zero-order valence-electron chi connectivity index (χ0n) is 12.7. The van der Waals surface area contributed by atoms with Crippen molar-refractivity contribution in [3.05, 3.63) is 92.8 Å². The van der Waals surface area contributed by atoms with E-state index in [0.29, 0.717) is 16.8 Å². The normalized spacial score (nSPS) is 10.6. The first-order valence-electron chi connectivity index (χ1n) is 7.28. The molecular formula is C18H14BrFN2O2. The summed E-state index contributed by atoms with van der Waals surface area (Å²) in [5.74, 6) is 0.161. The number of halogens is 2. The van der Waals surface area contributed by atoms with Crippen molar-refractivity contribution in [3.63, 3.8) is 0 Å². The molecule has 1 aromatic carbocycles. The van der Waals surface area contributed by atoms with Crippen LogP contribution in [-0.4, -0.2) is 9.55 Å². The summed E-state index contributed by atoms with van der Waals surface area (Å²) >= 11 is 3.30. The van der Waals surface area contributed by atoms with Gasteiger partial charge in [-0.25, -0.2) is 4.39 Å². The standard InChI is InChI=1S/C18H14BrFN2O2/c19-17-16(24-12-14-1-3-15(20)4-2-14)7-10-22(18(17)23)11-13-5-8-21-9-6-13/h1-10H,11-12H2. The Kier molecular flexibility index (Phi) is 5.05. The number of hydrogen-bond acceptors (Lipinski definition) is 3. The van der Waals surface area contributed by atoms with Crippen molar-refractivity contribution >= 4 is 15.9 Å². The Morgan fingerprint density at radius 1 is 1.04 bits per heavy atom. The monoisotopic (exact) mass is 388 g/mol. The highest BCUT2D eigenvalue weighted by atomic mass is 79.9. The van der Waals surface area contributed by atoms with Crippen LogP contribution in [0.5, 0.6) is 5.75 Å². The summed E-state index contributed by atoms with van der Waals surface area (Å²) in [7, 11) is 0. The van der Waals surface area contributed by atoms with Gasteiger partial charge in [0.2, 0.25) is 0 Å². The Morgan fingerprint density at radius 3 is 2.46 bits per heavy atom. The Morgan fingerprint density at radius 2 is 1.75 bits per heavy atom. The fraction of sp³-hybridized carbons (Fsp3) is 0.111. The molecule has 2 heterocycles. The first-order valence-corrected chi connectivity index (χ1v) is 8.08. The molecule has 0 atom stereocenters. The SMILES string of the molecule is O=c1c(Br)c(OCc2ccc(F)cc2)ccn1Cc1ccncc1. The van der Waals surface area contributed by atoms with Gasteiger partial charge in [0.15, 0.2) is 0 Å². The van der Waals surface area contributed by atoms with E-state index in [1.165, 1.54) is 12.1 Å². The molecule has 0 saturated heterocycles. The maximum atomic E-state index is 12.9. The second-order valence-corrected chi connectivity index (χ2v) is 5.99. The van der Waals surface area contributed by atoms with Crippen LogP contribution in [0.25, 0.3) is 0 Å². The largest absolute Gasteiger partial charge is 0.487 e. The quantitative estimate of drug-likeness (QED) is 0.667. The lowest BCUT2D eigenvalue weighted by Crippen LogP contribution is -2.21. The molecule has 0 bridgehead atoms. The van der Waals surface area contributed by atoms with E-state index >= 15 is 0 Å². The summed E-state index contributed by atoms with van der Waals surface area (Å²) in [6.45, 7) is 0.713. The van der Waals surface area contributed by atoms with Crippen LogP contribution in [0.4, 0.5) is 4.39 Å². The molecule has 0 unspecified atom stereocenters. The Hall–Kier alpha value is -2.47. The van der Waals surface area contributed by atoms with Gasteiger partial charge < -0.3 is 9.30 Å². The molecule has 4 nitrogen and oxygen atoms in total. The molecule has 2 aromatic heterocycles. The predicted molar refractivity (Wildman–Crippen MR) is 92.5 cm³/mol. The highest BCUT2D eigenvalue weighted by molar-refractivity contribution is 9.10. The van der Waals surface area contributed by atoms with Crippen molar-refractivity contribution in [2.75, 3.05) is 0 Å². The summed E-state index contributed by atoms with van der Waals surface area (Å²) in [5.41, 5.74) is 1.63. The summed E-state index contributed by atoms with van der Waals surface area (Å²) in [5, 5.41) is 0. The number of hydrogen-bond donors (Lipinski definition) is 0. The first-order chi connectivity index (χ1) is 11.6. The van der Waals surface area contributed by atoms with Crippen LogP contribution in [0.15, 0.2) is 70.3 Å². The maximum Gasteiger partial charge on any atom is 0.268 e. The molecule has 6 heteroatoms. The van der Waals surface area contributed by atoms with Crippen molar-refractivity contribution in [2.24, 2.45) is 0 Å². The van der Waals surface area contributed by atoms with E-state index in [1.54, 1.807) is 41.4 Å². The number of pyridine rings is 2. The van der Waals surface area contributed by atoms with Crippen LogP contribution in [0.2, 0.25) is 0 Å². The molecular weight excluding hydrogens is 375 g/mol. The first kappa shape index (κ1) is 16.4. The van der Waals surface area contributed by atoms with Crippen LogP contribution in [0.1, 0.15) is 11.1 Å². The van der Waals surface area contributed by atoms with Crippen molar-refractivity contribution in [2.45, 2.75) is 13.2 Å². The molecule has 0 amide bonds. The lowest BCUT2D eigenvalue weighted by Gasteiger charge is -2.11. The number of nitrogens with zero attached hydrogens (tertiary/aromatic N) is 2. The number of rotatable bonds is 5. The van der Waals surface area contributed by atoms with Gasteiger partial charge in [0.05, 0.1) is 6.54 Å². The third kappa shape index (κ3) is 3.89. The van der Waals surface area contributed by atoms with Crippen LogP contribution < -0.4 is 10.3 Å². The van der Waals surface area contributed by atoms with Gasteiger partial charge in [-0.2, -0.15) is 0 Å². The van der Waals surface area contributed by atoms with E-state index < -0.39 is 0 Å². The van der Waals surface area contributed by atoms with E-state index in [4.69, 9.17) is 4.74 Å². The fourth-order valence-corrected chi connectivity index (χ4v) is 2.67. The van der Waals surface area contributed by atoms with Crippen molar-refractivity contribution in [1.82, 2.24) is 9.55 Å². The number of aromatic nitrogens is 2. The lowest BCUT2D eigenvalue weighted by atomic mass is 10.2. The average Bonchev–Trinajstić information content (AvgIpc) is 2.61. The highest BCUT2D eigenvalue weighted by Gasteiger charge is 2.09. The van der Waals surface area contributed by atoms with E-state index in [-0.39, 0.29) is 18.0 Å². The van der Waals surface area contributed by atoms with E-state index in [0.717, 1.165) is 11.1 Å². The van der Waals surface area contributed by atoms with Crippen LogP contribution in [0.3, 0.4) is 0 Å². The zero-order chi connectivity index (χ0) is 16.9. The molecule has 24 heavy (non-hydrogen) atoms. The molecule has 3 aromatic rings. The average molecular weight is 389 g/mol. The van der Waals surface area contributed by atoms with Crippen molar-refractivity contribution in [3.8, 4) is 5.75 Å². The Bertz CT molecular complexity index is 880. The Balaban J connectivity index is 1.75. The summed E-state index contributed by atoms with van der Waals surface area (Å²) in [6.07, 6.45) is 5.07. The lowest BCUT2D eigenvalue weighted by molar-refractivity contribution is 0.302. The second-order valence-electron chi connectivity index (χ2n) is 5.20. The minimum atomic E-state index is -0.293. The summed E-state index contributed by atoms with van der Waals surface area (Å²) in [6, 6.07) is 11.5. The molecule has 0 aliphatic rings. The van der Waals surface area contributed by atoms with Crippen LogP contribution >= 0.6 is 15.9 Å². The summed E-state index contributed by atoms with van der Waals surface area (Å²) in [4.78, 5) is 16.4. The van der Waals surface area contributed by atoms with Gasteiger partial charge >= 0.3 is 0 Å². The van der Waals surface area contributed by atoms with E-state index in [9.17, 15) is 9.18 Å². The number of ether oxygens (including phenoxy) is 1. The highest BCUT2D eigenvalue weighted by Crippen LogP contribution is 2.21. The molecule has 0 fully saturated rings. The molecule has 0 radical (unpaired) electrons. The topological polar surface area (TPSA) is 44.1 Å². The molecule has 0 aliphatic heterocycles. The van der Waals surface area contributed by atoms with Crippen LogP contribution in [0, 0.1) is 5.82 Å². The van der Waals surface area contributed by atoms with Gasteiger partial charge in [0, 0.05) is 18.6 Å². The third-order valence-corrected chi connectivity index (χ3v) is 4.21. The zero-order valence-corrected chi connectivity index (χ0v) is 14.2. The number of benzene rings is 1. The smallest absolute Gasteiger partial charge is 0.268 e. The van der Waals surface area contributed by atoms with Gasteiger partial charge in [-0.3, -0.25) is 9.78 Å². The fourth-order valence-electron chi connectivity index (χ4n) is 2.19. The van der Waals surface area contributed by atoms with Crippen molar-refractivity contribution < 1.29 is 9.13 Å². The molecule has 0 spiro atoms. The van der Waals surface area contributed by atoms with E-state index in [2.05, 4.69) is 20.9 Å². The molecule has 0 aliphatic carbocycles. The molecule has 0 N–H and O–H groups in total. The molecule has 3 rings (SSSR count). The minimum Gasteiger partial charge on any atom is -0.487 e. The van der Waals surface area contributed by atoms with Crippen LogP contribution in [-0.2, 0) is 13.2 Å². The van der Waals surface area contributed by atoms with Gasteiger partial charge in [0.25, 0.3) is 5.56 Å². The molecule has 122 valence electrons. The van der Waals surface area contributed by atoms with Crippen molar-refractivity contribution in [1.29, 1.82) is 0 Å². The summed E-state index contributed by atoms with van der Waals surface area (Å²) < 4.78 is 20.5. The predicted octanol–water partition coefficient (Wildman–Crippen LogP) is 3.77. The van der Waals surface area contributed by atoms with E-state index in [1.807, 2.05) is 12.1 Å². The van der Waals surface area contributed by atoms with Gasteiger partial charge in [-0.1, -0.05) is 12.1 Å². The minimum absolute atomic E-state index is 0.177.